The maximum absolute atomic E-state index is 14.4. The van der Waals surface area contributed by atoms with Gasteiger partial charge in [0, 0.05) is 37.7 Å². The number of hydrogen-bond acceptors (Lipinski definition) is 6. The molecule has 0 bridgehead atoms. The number of aliphatic imine (C=N–C) groups is 1. The van der Waals surface area contributed by atoms with E-state index >= 15 is 0 Å². The molecule has 0 radical (unpaired) electrons. The van der Waals surface area contributed by atoms with Crippen molar-refractivity contribution >= 4 is 50.0 Å². The van der Waals surface area contributed by atoms with Crippen LogP contribution in [0.1, 0.15) is 23.0 Å². The molecule has 2 aromatic rings. The van der Waals surface area contributed by atoms with Gasteiger partial charge in [0.1, 0.15) is 9.77 Å². The number of anilines is 1. The number of sulfone groups is 1. The Morgan fingerprint density at radius 1 is 1.37 bits per heavy atom. The van der Waals surface area contributed by atoms with E-state index in [-0.39, 0.29) is 22.1 Å². The van der Waals surface area contributed by atoms with E-state index in [0.29, 0.717) is 5.02 Å². The van der Waals surface area contributed by atoms with Gasteiger partial charge in [0.25, 0.3) is 5.91 Å². The van der Waals surface area contributed by atoms with Crippen LogP contribution in [0.5, 0.6) is 0 Å². The first-order chi connectivity index (χ1) is 13.9. The van der Waals surface area contributed by atoms with Gasteiger partial charge in [-0.05, 0) is 30.7 Å². The predicted molar refractivity (Wildman–Crippen MR) is 116 cm³/mol. The van der Waals surface area contributed by atoms with Crippen LogP contribution in [0.25, 0.3) is 0 Å². The van der Waals surface area contributed by atoms with E-state index in [1.807, 2.05) is 0 Å². The quantitative estimate of drug-likeness (QED) is 0.488. The van der Waals surface area contributed by atoms with Gasteiger partial charge in [0.15, 0.2) is 26.6 Å². The third kappa shape index (κ3) is 5.67. The molecule has 0 aliphatic carbocycles. The number of nitrogens with two attached hydrogens (primary N) is 1. The number of amidine groups is 1. The maximum atomic E-state index is 14.4. The number of thioether (sulfide) groups is 1. The second-order valence-electron chi connectivity index (χ2n) is 6.49. The Kier molecular flexibility index (Phi) is 7.43. The summed E-state index contributed by atoms with van der Waals surface area (Å²) in [6, 6.07) is 4.77. The number of nitrogens with zero attached hydrogens (tertiary/aromatic N) is 2. The smallest absolute Gasteiger partial charge is 0.274 e. The fourth-order valence-electron chi connectivity index (χ4n) is 2.41. The van der Waals surface area contributed by atoms with Crippen LogP contribution in [-0.2, 0) is 16.3 Å². The average Bonchev–Trinajstić information content (AvgIpc) is 2.65. The van der Waals surface area contributed by atoms with E-state index in [9.17, 15) is 22.0 Å². The van der Waals surface area contributed by atoms with Gasteiger partial charge < -0.3 is 11.1 Å². The minimum Gasteiger partial charge on any atom is -0.379 e. The number of rotatable bonds is 6. The number of amides is 1. The monoisotopic (exact) mass is 476 g/mol. The standard InChI is InChI=1S/C18H19ClF2N4O3S2/c1-18(30(3,27)28,29-17(22)23-2)8-10-6-12(7-13(20)15(10)21)25-16(26)14-5-4-11(19)9-24-14/h4-7,9H,8H2,1-3H3,(H2,22,23)(H,25,26)/t18-/m0/s1. The molecule has 0 aliphatic heterocycles. The Bertz CT molecular complexity index is 1100. The van der Waals surface area contributed by atoms with E-state index < -0.39 is 37.9 Å². The molecule has 1 atom stereocenters. The van der Waals surface area contributed by atoms with Crippen molar-refractivity contribution in [3.8, 4) is 0 Å². The topological polar surface area (TPSA) is 115 Å². The molecule has 30 heavy (non-hydrogen) atoms. The van der Waals surface area contributed by atoms with Crippen molar-refractivity contribution in [2.24, 2.45) is 10.7 Å². The molecule has 1 aromatic carbocycles. The molecular weight excluding hydrogens is 458 g/mol. The second-order valence-corrected chi connectivity index (χ2v) is 11.2. The van der Waals surface area contributed by atoms with Gasteiger partial charge in [-0.2, -0.15) is 0 Å². The summed E-state index contributed by atoms with van der Waals surface area (Å²) in [6.07, 6.45) is 1.81. The molecular formula is C18H19ClF2N4O3S2. The van der Waals surface area contributed by atoms with Crippen molar-refractivity contribution in [3.05, 3.63) is 58.4 Å². The van der Waals surface area contributed by atoms with Gasteiger partial charge in [0.2, 0.25) is 0 Å². The van der Waals surface area contributed by atoms with Gasteiger partial charge in [-0.3, -0.25) is 9.79 Å². The summed E-state index contributed by atoms with van der Waals surface area (Å²) < 4.78 is 51.7. The molecule has 12 heteroatoms. The highest BCUT2D eigenvalue weighted by molar-refractivity contribution is 8.23. The van der Waals surface area contributed by atoms with Gasteiger partial charge in [-0.1, -0.05) is 23.4 Å². The second kappa shape index (κ2) is 9.27. The lowest BCUT2D eigenvalue weighted by molar-refractivity contribution is 0.102. The van der Waals surface area contributed by atoms with E-state index in [2.05, 4.69) is 15.3 Å². The highest BCUT2D eigenvalue weighted by Gasteiger charge is 2.39. The summed E-state index contributed by atoms with van der Waals surface area (Å²) in [5, 5.41) is 2.71. The van der Waals surface area contributed by atoms with Crippen LogP contribution in [0.4, 0.5) is 14.5 Å². The molecule has 1 aromatic heterocycles. The number of nitrogens with one attached hydrogen (secondary N) is 1. The molecule has 1 amide bonds. The highest BCUT2D eigenvalue weighted by atomic mass is 35.5. The minimum absolute atomic E-state index is 0.00847. The Morgan fingerprint density at radius 2 is 2.03 bits per heavy atom. The van der Waals surface area contributed by atoms with Gasteiger partial charge in [-0.15, -0.1) is 0 Å². The Labute approximate surface area is 182 Å². The first kappa shape index (κ1) is 24.0. The van der Waals surface area contributed by atoms with Crippen LogP contribution in [-0.4, -0.2) is 41.9 Å². The van der Waals surface area contributed by atoms with Gasteiger partial charge in [0.05, 0.1) is 5.02 Å². The molecule has 7 nitrogen and oxygen atoms in total. The van der Waals surface area contributed by atoms with Crippen LogP contribution in [0, 0.1) is 11.6 Å². The number of aromatic nitrogens is 1. The number of halogens is 3. The fraction of sp³-hybridized carbons (Fsp3) is 0.278. The minimum atomic E-state index is -3.78. The molecule has 0 aliphatic rings. The zero-order chi connectivity index (χ0) is 22.7. The van der Waals surface area contributed by atoms with Crippen molar-refractivity contribution in [1.82, 2.24) is 4.98 Å². The molecule has 0 saturated heterocycles. The number of pyridine rings is 1. The van der Waals surface area contributed by atoms with E-state index in [1.165, 1.54) is 32.3 Å². The molecule has 162 valence electrons. The SMILES string of the molecule is CN=C(N)S[C@](C)(Cc1cc(NC(=O)c2ccc(Cl)cn2)cc(F)c1F)S(C)(=O)=O. The van der Waals surface area contributed by atoms with E-state index in [4.69, 9.17) is 17.3 Å². The van der Waals surface area contributed by atoms with Crippen LogP contribution in [0.15, 0.2) is 35.5 Å². The van der Waals surface area contributed by atoms with Crippen molar-refractivity contribution in [2.75, 3.05) is 18.6 Å². The van der Waals surface area contributed by atoms with Crippen LogP contribution < -0.4 is 11.1 Å². The van der Waals surface area contributed by atoms with Crippen LogP contribution in [0.3, 0.4) is 0 Å². The average molecular weight is 477 g/mol. The number of carbonyl (C=O) groups is 1. The zero-order valence-corrected chi connectivity index (χ0v) is 18.6. The zero-order valence-electron chi connectivity index (χ0n) is 16.2. The van der Waals surface area contributed by atoms with Crippen molar-refractivity contribution in [2.45, 2.75) is 17.4 Å². The largest absolute Gasteiger partial charge is 0.379 e. The Hall–Kier alpha value is -2.24. The molecule has 1 heterocycles. The lowest BCUT2D eigenvalue weighted by Crippen LogP contribution is -2.36. The lowest BCUT2D eigenvalue weighted by Gasteiger charge is -2.27. The van der Waals surface area contributed by atoms with Crippen molar-refractivity contribution in [3.63, 3.8) is 0 Å². The van der Waals surface area contributed by atoms with Crippen molar-refractivity contribution < 1.29 is 22.0 Å². The highest BCUT2D eigenvalue weighted by Crippen LogP contribution is 2.36. The first-order valence-corrected chi connectivity index (χ1v) is 11.5. The van der Waals surface area contributed by atoms with Crippen LogP contribution >= 0.6 is 23.4 Å². The summed E-state index contributed by atoms with van der Waals surface area (Å²) in [4.78, 5) is 19.9. The summed E-state index contributed by atoms with van der Waals surface area (Å²) in [5.41, 5.74) is 5.35. The summed E-state index contributed by atoms with van der Waals surface area (Å²) in [5.74, 6) is -3.14. The molecule has 0 saturated carbocycles. The first-order valence-electron chi connectivity index (χ1n) is 8.38. The van der Waals surface area contributed by atoms with E-state index in [1.54, 1.807) is 0 Å². The van der Waals surface area contributed by atoms with Gasteiger partial charge in [-0.25, -0.2) is 22.2 Å². The number of hydrogen-bond donors (Lipinski definition) is 2. The summed E-state index contributed by atoms with van der Waals surface area (Å²) in [6.45, 7) is 1.34. The van der Waals surface area contributed by atoms with Crippen LogP contribution in [0.2, 0.25) is 5.02 Å². The van der Waals surface area contributed by atoms with Crippen molar-refractivity contribution in [1.29, 1.82) is 0 Å². The third-order valence-corrected chi connectivity index (χ3v) is 8.22. The molecule has 0 spiro atoms. The third-order valence-electron chi connectivity index (χ3n) is 4.16. The fourth-order valence-corrected chi connectivity index (χ4v) is 4.56. The predicted octanol–water partition coefficient (Wildman–Crippen LogP) is 3.25. The Morgan fingerprint density at radius 3 is 2.57 bits per heavy atom. The normalized spacial score (nSPS) is 14.3. The maximum Gasteiger partial charge on any atom is 0.274 e. The number of benzene rings is 1. The lowest BCUT2D eigenvalue weighted by atomic mass is 10.1. The Balaban J connectivity index is 2.40. The molecule has 3 N–H and O–H groups in total. The molecule has 0 unspecified atom stereocenters. The van der Waals surface area contributed by atoms with E-state index in [0.717, 1.165) is 30.2 Å². The molecule has 0 fully saturated rings. The van der Waals surface area contributed by atoms with Gasteiger partial charge >= 0.3 is 0 Å². The number of carbonyl (C=O) groups excluding carboxylic acids is 1. The summed E-state index contributed by atoms with van der Waals surface area (Å²) in [7, 11) is -2.40. The molecule has 2 rings (SSSR count). The summed E-state index contributed by atoms with van der Waals surface area (Å²) >= 11 is 6.45.